The highest BCUT2D eigenvalue weighted by atomic mass is 32.2. The molecule has 0 saturated heterocycles. The molecule has 196 valence electrons. The van der Waals surface area contributed by atoms with Crippen LogP contribution in [0.1, 0.15) is 101 Å². The molecule has 2 aromatic carbocycles. The molecule has 4 nitrogen and oxygen atoms in total. The third kappa shape index (κ3) is 5.01. The fourth-order valence-electron chi connectivity index (χ4n) is 4.50. The quantitative estimate of drug-likeness (QED) is 0.369. The van der Waals surface area contributed by atoms with Gasteiger partial charge in [-0.3, -0.25) is 4.90 Å². The number of anilines is 2. The van der Waals surface area contributed by atoms with Gasteiger partial charge in [0.25, 0.3) is 9.84 Å². The molecule has 0 atom stereocenters. The molecule has 0 spiro atoms. The summed E-state index contributed by atoms with van der Waals surface area (Å²) in [5.74, 6) is -0.00303. The van der Waals surface area contributed by atoms with E-state index >= 15 is 0 Å². The van der Waals surface area contributed by atoms with E-state index < -0.39 is 20.4 Å². The Morgan fingerprint density at radius 2 is 1.06 bits per heavy atom. The van der Waals surface area contributed by atoms with E-state index in [1.54, 1.807) is 0 Å². The van der Waals surface area contributed by atoms with Gasteiger partial charge in [0.2, 0.25) is 6.67 Å². The van der Waals surface area contributed by atoms with E-state index in [1.165, 1.54) is 4.90 Å². The number of sulfone groups is 1. The minimum absolute atomic E-state index is 0.0554. The number of para-hydroxylation sites is 2. The molecule has 8 heteroatoms. The van der Waals surface area contributed by atoms with Crippen LogP contribution in [-0.4, -0.2) is 13.9 Å². The zero-order valence-corrected chi connectivity index (χ0v) is 22.9. The molecule has 36 heavy (non-hydrogen) atoms. The molecule has 0 aromatic heterocycles. The minimum Gasteiger partial charge on any atom is -0.313 e. The van der Waals surface area contributed by atoms with Gasteiger partial charge in [-0.25, -0.2) is 8.42 Å². The fraction of sp³-hybridized carbons (Fsp3) is 0.464. The summed E-state index contributed by atoms with van der Waals surface area (Å²) in [6, 6.07) is 11.3. The molecule has 0 aliphatic carbocycles. The number of rotatable bonds is 7. The number of benzene rings is 2. The van der Waals surface area contributed by atoms with Gasteiger partial charge in [0.05, 0.1) is 11.4 Å². The molecule has 1 aliphatic heterocycles. The third-order valence-electron chi connectivity index (χ3n) is 6.40. The van der Waals surface area contributed by atoms with Crippen LogP contribution in [0.5, 0.6) is 0 Å². The van der Waals surface area contributed by atoms with Crippen LogP contribution in [0.3, 0.4) is 0 Å². The Balaban J connectivity index is 2.36. The van der Waals surface area contributed by atoms with Crippen molar-refractivity contribution in [3.05, 3.63) is 76.5 Å². The monoisotopic (exact) mass is 520 g/mol. The van der Waals surface area contributed by atoms with E-state index in [4.69, 9.17) is 0 Å². The number of nitrogens with zero attached hydrogens (tertiary/aromatic N) is 2. The van der Waals surface area contributed by atoms with Crippen molar-refractivity contribution < 1.29 is 21.6 Å². The summed E-state index contributed by atoms with van der Waals surface area (Å²) in [6.45, 7) is 18.8. The topological polar surface area (TPSA) is 40.6 Å². The summed E-state index contributed by atoms with van der Waals surface area (Å²) in [5.41, 5.74) is -1.07. The highest BCUT2D eigenvalue weighted by molar-refractivity contribution is 7.96. The zero-order chi connectivity index (χ0) is 27.2. The molecule has 0 N–H and O–H groups in total. The summed E-state index contributed by atoms with van der Waals surface area (Å²) in [6.07, 6.45) is 1.07. The van der Waals surface area contributed by atoms with Crippen LogP contribution in [0.2, 0.25) is 0 Å². The van der Waals surface area contributed by atoms with Gasteiger partial charge in [-0.1, -0.05) is 91.8 Å². The van der Waals surface area contributed by atoms with E-state index in [-0.39, 0.29) is 23.7 Å². The summed E-state index contributed by atoms with van der Waals surface area (Å²) in [7, 11) is -5.68. The summed E-state index contributed by atoms with van der Waals surface area (Å²) >= 11 is 0. The largest absolute Gasteiger partial charge is 0.503 e. The zero-order valence-electron chi connectivity index (χ0n) is 22.1. The Morgan fingerprint density at radius 3 is 1.39 bits per heavy atom. The lowest BCUT2D eigenvalue weighted by molar-refractivity contribution is -0.0427. The van der Waals surface area contributed by atoms with Crippen LogP contribution in [0, 0.1) is 6.67 Å². The first-order valence-corrected chi connectivity index (χ1v) is 13.7. The van der Waals surface area contributed by atoms with Crippen LogP contribution in [-0.2, 0) is 9.84 Å². The highest BCUT2D eigenvalue weighted by Gasteiger charge is 2.53. The second kappa shape index (κ2) is 10.1. The standard InChI is InChI=1S/C28H35F3N2O2S/c1-17(2)21-11-9-12-22(18(3)4)26(21)32-15-25(36(34,35)28(29,30)31)33(16-32)27-23(19(5)6)13-10-14-24(27)20(7)8/h9-15,17-20H,1-8H3. The summed E-state index contributed by atoms with van der Waals surface area (Å²) in [4.78, 5) is 2.54. The smallest absolute Gasteiger partial charge is 0.313 e. The average Bonchev–Trinajstić information content (AvgIpc) is 3.22. The Labute approximate surface area is 213 Å². The van der Waals surface area contributed by atoms with E-state index in [9.17, 15) is 21.6 Å². The second-order valence-electron chi connectivity index (χ2n) is 10.4. The fourth-order valence-corrected chi connectivity index (χ4v) is 5.35. The molecule has 0 fully saturated rings. The SMILES string of the molecule is CC(C)c1cccc(C(C)C)c1N1[C]N(c2c(C(C)C)cccc2C(C)C)C(S(=O)(=O)C(F)(F)F)=C1. The van der Waals surface area contributed by atoms with Crippen molar-refractivity contribution in [1.29, 1.82) is 0 Å². The van der Waals surface area contributed by atoms with Crippen LogP contribution in [0.4, 0.5) is 24.5 Å². The summed E-state index contributed by atoms with van der Waals surface area (Å²) < 4.78 is 67.6. The van der Waals surface area contributed by atoms with Crippen LogP contribution >= 0.6 is 0 Å². The van der Waals surface area contributed by atoms with Gasteiger partial charge in [0, 0.05) is 6.20 Å². The summed E-state index contributed by atoms with van der Waals surface area (Å²) in [5, 5.41) is -0.849. The predicted octanol–water partition coefficient (Wildman–Crippen LogP) is 8.24. The van der Waals surface area contributed by atoms with Gasteiger partial charge >= 0.3 is 5.51 Å². The third-order valence-corrected chi connectivity index (χ3v) is 7.85. The van der Waals surface area contributed by atoms with Crippen molar-refractivity contribution in [2.75, 3.05) is 9.80 Å². The van der Waals surface area contributed by atoms with Crippen molar-refractivity contribution in [3.8, 4) is 0 Å². The van der Waals surface area contributed by atoms with E-state index in [2.05, 4.69) is 6.67 Å². The minimum atomic E-state index is -5.68. The van der Waals surface area contributed by atoms with E-state index in [1.807, 2.05) is 91.8 Å². The van der Waals surface area contributed by atoms with Gasteiger partial charge in [0.1, 0.15) is 0 Å². The number of hydrogen-bond acceptors (Lipinski definition) is 4. The van der Waals surface area contributed by atoms with Gasteiger partial charge in [-0.2, -0.15) is 13.2 Å². The Hall–Kier alpha value is -2.48. The van der Waals surface area contributed by atoms with Crippen molar-refractivity contribution >= 4 is 21.2 Å². The molecule has 1 heterocycles. The van der Waals surface area contributed by atoms with E-state index in [0.717, 1.165) is 33.4 Å². The number of halogens is 3. The molecular formula is C28H35F3N2O2S. The van der Waals surface area contributed by atoms with Crippen LogP contribution in [0.15, 0.2) is 47.6 Å². The van der Waals surface area contributed by atoms with Crippen molar-refractivity contribution in [3.63, 3.8) is 0 Å². The second-order valence-corrected chi connectivity index (χ2v) is 12.3. The molecule has 0 bridgehead atoms. The van der Waals surface area contributed by atoms with Gasteiger partial charge < -0.3 is 4.90 Å². The molecule has 0 unspecified atom stereocenters. The lowest BCUT2D eigenvalue weighted by atomic mass is 9.91. The Kier molecular flexibility index (Phi) is 7.89. The molecule has 0 saturated carbocycles. The molecule has 3 rings (SSSR count). The normalized spacial score (nSPS) is 15.1. The lowest BCUT2D eigenvalue weighted by Gasteiger charge is -2.30. The molecule has 1 aliphatic rings. The molecule has 2 aromatic rings. The van der Waals surface area contributed by atoms with Crippen LogP contribution < -0.4 is 9.80 Å². The first-order chi connectivity index (χ1) is 16.6. The maximum absolute atomic E-state index is 13.9. The van der Waals surface area contributed by atoms with Gasteiger partial charge in [0.15, 0.2) is 5.03 Å². The van der Waals surface area contributed by atoms with Gasteiger partial charge in [-0.05, 0) is 45.9 Å². The predicted molar refractivity (Wildman–Crippen MR) is 140 cm³/mol. The van der Waals surface area contributed by atoms with Crippen molar-refractivity contribution in [2.45, 2.75) is 84.6 Å². The maximum atomic E-state index is 13.9. The molecular weight excluding hydrogens is 485 g/mol. The van der Waals surface area contributed by atoms with Gasteiger partial charge in [-0.15, -0.1) is 0 Å². The Bertz CT molecular complexity index is 1190. The first-order valence-electron chi connectivity index (χ1n) is 12.2. The highest BCUT2D eigenvalue weighted by Crippen LogP contribution is 2.47. The Morgan fingerprint density at radius 1 is 0.694 bits per heavy atom. The van der Waals surface area contributed by atoms with Crippen molar-refractivity contribution in [2.24, 2.45) is 0 Å². The lowest BCUT2D eigenvalue weighted by Crippen LogP contribution is -2.33. The van der Waals surface area contributed by atoms with Crippen molar-refractivity contribution in [1.82, 2.24) is 0 Å². The number of alkyl halides is 3. The van der Waals surface area contributed by atoms with E-state index in [0.29, 0.717) is 11.4 Å². The molecule has 2 radical (unpaired) electrons. The molecule has 0 amide bonds. The number of hydrogen-bond donors (Lipinski definition) is 0. The van der Waals surface area contributed by atoms with Crippen LogP contribution in [0.25, 0.3) is 0 Å². The maximum Gasteiger partial charge on any atom is 0.503 e. The first kappa shape index (κ1) is 28.1. The average molecular weight is 521 g/mol.